The molecule has 0 saturated carbocycles. The fourth-order valence-electron chi connectivity index (χ4n) is 2.99. The van der Waals surface area contributed by atoms with Crippen LogP contribution in [0, 0.1) is 5.82 Å². The number of hydrogen-bond donors (Lipinski definition) is 1. The number of aromatic nitrogens is 2. The maximum atomic E-state index is 14.4. The molecular formula is C23H28FIN2O2Si. The van der Waals surface area contributed by atoms with Gasteiger partial charge in [-0.05, 0) is 47.0 Å². The van der Waals surface area contributed by atoms with Gasteiger partial charge >= 0.3 is 0 Å². The summed E-state index contributed by atoms with van der Waals surface area (Å²) < 4.78 is 22.5. The van der Waals surface area contributed by atoms with Crippen LogP contribution in [0.5, 0.6) is 0 Å². The number of aliphatic hydroxyl groups is 1. The predicted molar refractivity (Wildman–Crippen MR) is 130 cm³/mol. The van der Waals surface area contributed by atoms with Crippen LogP contribution in [-0.4, -0.2) is 21.2 Å². The Kier molecular flexibility index (Phi) is 6.86. The van der Waals surface area contributed by atoms with Gasteiger partial charge in [0, 0.05) is 11.8 Å². The first-order valence-corrected chi connectivity index (χ1v) is 13.8. The largest absolute Gasteiger partial charge is 0.413 e. The Morgan fingerprint density at radius 1 is 1.20 bits per heavy atom. The lowest BCUT2D eigenvalue weighted by atomic mass is 9.94. The third kappa shape index (κ3) is 5.19. The molecule has 160 valence electrons. The Morgan fingerprint density at radius 2 is 1.90 bits per heavy atom. The molecule has 7 heteroatoms. The summed E-state index contributed by atoms with van der Waals surface area (Å²) in [6.45, 7) is 11.2. The summed E-state index contributed by atoms with van der Waals surface area (Å²) in [7, 11) is -1.96. The molecule has 0 aliphatic heterocycles. The van der Waals surface area contributed by atoms with Crippen molar-refractivity contribution in [1.82, 2.24) is 7.76 Å². The molecule has 0 bridgehead atoms. The molecule has 0 spiro atoms. The summed E-state index contributed by atoms with van der Waals surface area (Å²) in [4.78, 5) is 4.39. The van der Waals surface area contributed by atoms with E-state index in [1.165, 1.54) is 12.1 Å². The van der Waals surface area contributed by atoms with Gasteiger partial charge in [-0.25, -0.2) is 9.37 Å². The lowest BCUT2D eigenvalue weighted by molar-refractivity contribution is 0.219. The molecule has 0 radical (unpaired) electrons. The number of halogens is 2. The average molecular weight is 538 g/mol. The summed E-state index contributed by atoms with van der Waals surface area (Å²) in [5.41, 5.74) is 3.50. The zero-order valence-corrected chi connectivity index (χ0v) is 21.1. The van der Waals surface area contributed by atoms with Crippen molar-refractivity contribution >= 4 is 31.2 Å². The second-order valence-electron chi connectivity index (χ2n) is 9.03. The van der Waals surface area contributed by atoms with Gasteiger partial charge in [0.25, 0.3) is 0 Å². The Balaban J connectivity index is 1.90. The van der Waals surface area contributed by atoms with Crippen molar-refractivity contribution in [2.75, 3.05) is 0 Å². The highest BCUT2D eigenvalue weighted by molar-refractivity contribution is 14.1. The van der Waals surface area contributed by atoms with Gasteiger partial charge in [-0.3, -0.25) is 2.78 Å². The smallest absolute Gasteiger partial charge is 0.192 e. The summed E-state index contributed by atoms with van der Waals surface area (Å²) >= 11 is 2.13. The molecule has 3 aromatic rings. The molecule has 30 heavy (non-hydrogen) atoms. The molecule has 1 aromatic heterocycles. The Hall–Kier alpha value is -1.55. The molecule has 1 atom stereocenters. The van der Waals surface area contributed by atoms with Crippen LogP contribution in [0.4, 0.5) is 4.39 Å². The van der Waals surface area contributed by atoms with E-state index >= 15 is 0 Å². The number of aliphatic hydroxyl groups excluding tert-OH is 1. The van der Waals surface area contributed by atoms with Gasteiger partial charge in [0.2, 0.25) is 0 Å². The van der Waals surface area contributed by atoms with E-state index in [0.717, 1.165) is 16.8 Å². The van der Waals surface area contributed by atoms with Gasteiger partial charge in [0.05, 0.1) is 35.2 Å². The second kappa shape index (κ2) is 8.90. The maximum Gasteiger partial charge on any atom is 0.192 e. The minimum Gasteiger partial charge on any atom is -0.413 e. The van der Waals surface area contributed by atoms with Crippen molar-refractivity contribution < 1.29 is 13.9 Å². The first kappa shape index (κ1) is 23.1. The van der Waals surface area contributed by atoms with E-state index in [2.05, 4.69) is 61.7 Å². The minimum atomic E-state index is -1.96. The molecule has 1 heterocycles. The van der Waals surface area contributed by atoms with Gasteiger partial charge in [-0.1, -0.05) is 51.1 Å². The summed E-state index contributed by atoms with van der Waals surface area (Å²) in [5.74, 6) is -0.380. The molecule has 0 amide bonds. The van der Waals surface area contributed by atoms with Crippen molar-refractivity contribution in [3.8, 4) is 11.3 Å². The molecule has 0 fully saturated rings. The quantitative estimate of drug-likeness (QED) is 0.288. The highest BCUT2D eigenvalue weighted by atomic mass is 127. The highest BCUT2D eigenvalue weighted by Crippen LogP contribution is 2.37. The molecule has 1 unspecified atom stereocenters. The van der Waals surface area contributed by atoms with E-state index in [9.17, 15) is 9.50 Å². The molecule has 4 nitrogen and oxygen atoms in total. The van der Waals surface area contributed by atoms with Crippen LogP contribution in [0.1, 0.15) is 43.6 Å². The van der Waals surface area contributed by atoms with Gasteiger partial charge < -0.3 is 9.53 Å². The Bertz CT molecular complexity index is 1030. The van der Waals surface area contributed by atoms with Crippen LogP contribution in [0.3, 0.4) is 0 Å². The van der Waals surface area contributed by atoms with Gasteiger partial charge in [-0.15, -0.1) is 0 Å². The third-order valence-corrected chi connectivity index (χ3v) is 10.8. The summed E-state index contributed by atoms with van der Waals surface area (Å²) in [6, 6.07) is 12.2. The van der Waals surface area contributed by atoms with Crippen LogP contribution in [-0.2, 0) is 11.0 Å². The molecule has 0 aliphatic rings. The number of rotatable bonds is 6. The average Bonchev–Trinajstić information content (AvgIpc) is 3.11. The third-order valence-electron chi connectivity index (χ3n) is 5.79. The maximum absolute atomic E-state index is 14.4. The van der Waals surface area contributed by atoms with Crippen LogP contribution in [0.15, 0.2) is 55.0 Å². The van der Waals surface area contributed by atoms with E-state index in [-0.39, 0.29) is 10.9 Å². The molecule has 0 aliphatic carbocycles. The number of hydrogen-bond acceptors (Lipinski definition) is 3. The summed E-state index contributed by atoms with van der Waals surface area (Å²) in [6.07, 6.45) is 2.62. The topological polar surface area (TPSA) is 47.3 Å². The van der Waals surface area contributed by atoms with Crippen molar-refractivity contribution in [2.24, 2.45) is 0 Å². The fraction of sp³-hybridized carbons (Fsp3) is 0.348. The van der Waals surface area contributed by atoms with E-state index < -0.39 is 14.4 Å². The van der Waals surface area contributed by atoms with Crippen LogP contribution < -0.4 is 0 Å². The highest BCUT2D eigenvalue weighted by Gasteiger charge is 2.37. The normalized spacial score (nSPS) is 13.5. The van der Waals surface area contributed by atoms with E-state index in [4.69, 9.17) is 4.43 Å². The molecule has 2 aromatic carbocycles. The molecule has 1 N–H and O–H groups in total. The van der Waals surface area contributed by atoms with Crippen LogP contribution in [0.2, 0.25) is 18.1 Å². The first-order chi connectivity index (χ1) is 14.0. The SMILES string of the molecule is CC(C)(C)[Si](C)(C)OCc1cc(F)cc(C(O)c2ccccc2-c2cn(I)cn2)c1. The molecule has 0 saturated heterocycles. The lowest BCUT2D eigenvalue weighted by Gasteiger charge is -2.36. The lowest BCUT2D eigenvalue weighted by Crippen LogP contribution is -2.40. The monoisotopic (exact) mass is 538 g/mol. The van der Waals surface area contributed by atoms with E-state index in [1.54, 1.807) is 6.33 Å². The fourth-order valence-corrected chi connectivity index (χ4v) is 4.33. The van der Waals surface area contributed by atoms with Gasteiger partial charge in [-0.2, -0.15) is 0 Å². The standard InChI is InChI=1S/C23H28FIN2O2Si/c1-23(2,3)30(4,5)29-14-16-10-17(12-18(24)11-16)22(28)20-9-7-6-8-19(20)21-13-27(25)15-26-21/h6-13,15,22,28H,14H2,1-5H3. The van der Waals surface area contributed by atoms with Gasteiger partial charge in [0.1, 0.15) is 18.2 Å². The summed E-state index contributed by atoms with van der Waals surface area (Å²) in [5, 5.41) is 11.2. The number of imidazole rings is 1. The second-order valence-corrected chi connectivity index (χ2v) is 15.0. The minimum absolute atomic E-state index is 0.0731. The zero-order valence-electron chi connectivity index (χ0n) is 18.0. The van der Waals surface area contributed by atoms with Crippen molar-refractivity contribution in [3.05, 3.63) is 77.5 Å². The predicted octanol–water partition coefficient (Wildman–Crippen LogP) is 6.49. The Labute approximate surface area is 192 Å². The van der Waals surface area contributed by atoms with E-state index in [1.807, 2.05) is 39.3 Å². The van der Waals surface area contributed by atoms with Gasteiger partial charge in [0.15, 0.2) is 8.32 Å². The first-order valence-electron chi connectivity index (χ1n) is 9.89. The Morgan fingerprint density at radius 3 is 2.53 bits per heavy atom. The van der Waals surface area contributed by atoms with Crippen molar-refractivity contribution in [2.45, 2.75) is 51.6 Å². The van der Waals surface area contributed by atoms with Crippen LogP contribution >= 0.6 is 22.9 Å². The molecule has 3 rings (SSSR count). The van der Waals surface area contributed by atoms with Crippen molar-refractivity contribution in [1.29, 1.82) is 0 Å². The number of benzene rings is 2. The van der Waals surface area contributed by atoms with Crippen molar-refractivity contribution in [3.63, 3.8) is 0 Å². The molecular weight excluding hydrogens is 510 g/mol. The zero-order chi connectivity index (χ0) is 22.1. The van der Waals surface area contributed by atoms with E-state index in [0.29, 0.717) is 17.7 Å². The van der Waals surface area contributed by atoms with Crippen LogP contribution in [0.25, 0.3) is 11.3 Å². The number of nitrogens with zero attached hydrogens (tertiary/aromatic N) is 2.